The Hall–Kier alpha value is -7.00. The highest BCUT2D eigenvalue weighted by molar-refractivity contribution is 6.88. The summed E-state index contributed by atoms with van der Waals surface area (Å²) in [7, 11) is -0.462. The molecule has 3 unspecified atom stereocenters. The van der Waals surface area contributed by atoms with Crippen molar-refractivity contribution in [1.29, 1.82) is 0 Å². The number of carbonyl (C=O) groups excluding carboxylic acids is 4. The van der Waals surface area contributed by atoms with Gasteiger partial charge < -0.3 is 40.2 Å². The van der Waals surface area contributed by atoms with E-state index in [0.29, 0.717) is 37.6 Å². The lowest BCUT2D eigenvalue weighted by atomic mass is 10.0. The molecular weight excluding hydrogens is 885 g/mol. The van der Waals surface area contributed by atoms with Crippen molar-refractivity contribution in [3.63, 3.8) is 0 Å². The third-order valence-corrected chi connectivity index (χ3v) is 14.7. The number of hydrogen-bond acceptors (Lipinski definition) is 12. The molecular formula is C47H60N14O6Si. The van der Waals surface area contributed by atoms with Gasteiger partial charge in [-0.1, -0.05) is 106 Å². The second-order valence-electron chi connectivity index (χ2n) is 19.3. The third-order valence-electron chi connectivity index (χ3n) is 12.9. The summed E-state index contributed by atoms with van der Waals surface area (Å²) < 4.78 is 8.43. The summed E-state index contributed by atoms with van der Waals surface area (Å²) in [6, 6.07) is 13.5. The molecule has 6 aromatic rings. The summed E-state index contributed by atoms with van der Waals surface area (Å²) in [5.74, 6) is -0.261. The van der Waals surface area contributed by atoms with Crippen LogP contribution in [0.2, 0.25) is 19.6 Å². The van der Waals surface area contributed by atoms with E-state index in [2.05, 4.69) is 73.0 Å². The zero-order chi connectivity index (χ0) is 48.4. The molecule has 6 heterocycles. The van der Waals surface area contributed by atoms with Crippen molar-refractivity contribution in [2.75, 3.05) is 26.8 Å². The van der Waals surface area contributed by atoms with E-state index in [1.165, 1.54) is 7.11 Å². The number of aliphatic hydroxyl groups excluding tert-OH is 1. The maximum Gasteiger partial charge on any atom is 0.407 e. The van der Waals surface area contributed by atoms with Crippen LogP contribution >= 0.6 is 0 Å². The predicted octanol–water partition coefficient (Wildman–Crippen LogP) is 4.41. The molecule has 5 N–H and O–H groups in total. The largest absolute Gasteiger partial charge is 0.453 e. The van der Waals surface area contributed by atoms with E-state index in [1.54, 1.807) is 39.3 Å². The maximum atomic E-state index is 14.2. The zero-order valence-electron chi connectivity index (χ0n) is 39.6. The van der Waals surface area contributed by atoms with Crippen LogP contribution in [0, 0.1) is 11.8 Å². The zero-order valence-corrected chi connectivity index (χ0v) is 40.6. The molecule has 2 aliphatic heterocycles. The molecule has 8 rings (SSSR count). The molecule has 0 radical (unpaired) electrons. The lowest BCUT2D eigenvalue weighted by Crippen LogP contribution is -2.51. The number of nitrogens with zero attached hydrogens (tertiary/aromatic N) is 10. The van der Waals surface area contributed by atoms with E-state index in [1.807, 2.05) is 75.0 Å². The van der Waals surface area contributed by atoms with Gasteiger partial charge in [-0.05, 0) is 46.9 Å². The number of aliphatic hydroxyl groups is 1. The van der Waals surface area contributed by atoms with Crippen LogP contribution in [-0.4, -0.2) is 136 Å². The normalized spacial score (nSPS) is 19.4. The lowest BCUT2D eigenvalue weighted by molar-refractivity contribution is -0.139. The first-order valence-electron chi connectivity index (χ1n) is 23.0. The second kappa shape index (κ2) is 19.7. The number of aromatic amines is 2. The number of nitrogens with one attached hydrogen (secondary N) is 4. The summed E-state index contributed by atoms with van der Waals surface area (Å²) in [6.45, 7) is 14.1. The molecule has 2 fully saturated rings. The first-order valence-corrected chi connectivity index (χ1v) is 26.5. The monoisotopic (exact) mass is 944 g/mol. The van der Waals surface area contributed by atoms with Gasteiger partial charge in [-0.25, -0.2) is 24.1 Å². The molecule has 2 aliphatic rings. The van der Waals surface area contributed by atoms with E-state index < -0.39 is 50.8 Å². The fourth-order valence-electron chi connectivity index (χ4n) is 9.01. The SMILES string of the molecule is COC(=O)N[C@H](C(=O)N1C[C@H](n2ccnn2)CC1c1ncc(-c2ccc(-c3ccc(-c4cnc(C5C[C@@H](n6cc([Si](C)(C)C)nn6)CN5C(=O)C(NC(=O)CO)C(C)C)[nH]4)cc3)cc2)[nH]1)C(C)C. The van der Waals surface area contributed by atoms with Gasteiger partial charge in [0.1, 0.15) is 38.4 Å². The number of rotatable bonds is 15. The van der Waals surface area contributed by atoms with Gasteiger partial charge in [0.2, 0.25) is 17.7 Å². The van der Waals surface area contributed by atoms with Crippen LogP contribution in [0.25, 0.3) is 33.6 Å². The number of hydrogen-bond donors (Lipinski definition) is 5. The standard InChI is InChI=1S/C47H60N14O6Si/c1-27(2)41(53-39(63)26-62)45(64)59-24-34(61-25-40(55-57-61)68(6,7)8)20-38(59)44-49-22-36(52-44)32-15-11-30(12-16-32)29-9-13-31(14-10-29)35-21-48-43(51-35)37-19-33(60-18-17-50-56-60)23-58(37)46(65)42(28(3)4)54-47(66)67-5/h9-18,21-22,25,27-28,33-34,37-38,41-42,62H,19-20,23-24,26H2,1-8H3,(H,48,51)(H,49,52)(H,53,63)(H,54,66)/t33-,34-,37?,38?,41?,42+/m1/s1. The third kappa shape index (κ3) is 9.98. The highest BCUT2D eigenvalue weighted by Gasteiger charge is 2.44. The minimum Gasteiger partial charge on any atom is -0.453 e. The average molecular weight is 945 g/mol. The molecule has 0 spiro atoms. The second-order valence-corrected chi connectivity index (χ2v) is 24.3. The van der Waals surface area contributed by atoms with Gasteiger partial charge in [-0.3, -0.25) is 14.4 Å². The number of H-pyrrole nitrogens is 2. The summed E-state index contributed by atoms with van der Waals surface area (Å²) in [4.78, 5) is 72.8. The number of imidazole rings is 2. The van der Waals surface area contributed by atoms with Crippen molar-refractivity contribution >= 4 is 37.2 Å². The van der Waals surface area contributed by atoms with Crippen LogP contribution in [0.5, 0.6) is 0 Å². The number of aromatic nitrogens is 10. The van der Waals surface area contributed by atoms with Gasteiger partial charge >= 0.3 is 6.09 Å². The van der Waals surface area contributed by atoms with Gasteiger partial charge in [0, 0.05) is 25.5 Å². The number of benzene rings is 2. The first-order chi connectivity index (χ1) is 32.5. The number of likely N-dealkylation sites (tertiary alicyclic amines) is 2. The molecule has 0 bridgehead atoms. The summed E-state index contributed by atoms with van der Waals surface area (Å²) in [5.41, 5.74) is 5.44. The van der Waals surface area contributed by atoms with Gasteiger partial charge in [0.25, 0.3) is 0 Å². The molecule has 0 aliphatic carbocycles. The lowest BCUT2D eigenvalue weighted by Gasteiger charge is -2.30. The molecule has 4 amide bonds. The Balaban J connectivity index is 0.982. The molecule has 2 aromatic carbocycles. The van der Waals surface area contributed by atoms with E-state index in [9.17, 15) is 24.3 Å². The highest BCUT2D eigenvalue weighted by Crippen LogP contribution is 2.40. The molecule has 21 heteroatoms. The van der Waals surface area contributed by atoms with Crippen molar-refractivity contribution in [3.8, 4) is 33.6 Å². The maximum absolute atomic E-state index is 14.2. The number of alkyl carbamates (subject to hydrolysis) is 1. The Bertz CT molecular complexity index is 2710. The summed E-state index contributed by atoms with van der Waals surface area (Å²) in [6.07, 6.45) is 9.35. The minimum absolute atomic E-state index is 0.139. The Morgan fingerprint density at radius 2 is 1.22 bits per heavy atom. The first kappa shape index (κ1) is 47.5. The quantitative estimate of drug-likeness (QED) is 0.0900. The number of carbonyl (C=O) groups is 4. The number of amides is 4. The van der Waals surface area contributed by atoms with Crippen LogP contribution < -0.4 is 16.0 Å². The van der Waals surface area contributed by atoms with E-state index in [-0.39, 0.29) is 35.7 Å². The van der Waals surface area contributed by atoms with Crippen LogP contribution in [0.1, 0.15) is 76.4 Å². The van der Waals surface area contributed by atoms with Crippen molar-refractivity contribution in [3.05, 3.63) is 91.2 Å². The van der Waals surface area contributed by atoms with Crippen LogP contribution in [0.4, 0.5) is 4.79 Å². The molecule has 0 saturated carbocycles. The highest BCUT2D eigenvalue weighted by atomic mass is 28.3. The average Bonchev–Trinajstić information content (AvgIpc) is 4.18. The molecule has 2 saturated heterocycles. The van der Waals surface area contributed by atoms with Crippen LogP contribution in [-0.2, 0) is 19.1 Å². The van der Waals surface area contributed by atoms with Gasteiger partial charge in [0.05, 0.1) is 66.6 Å². The Morgan fingerprint density at radius 1 is 0.735 bits per heavy atom. The molecule has 6 atom stereocenters. The topological polar surface area (TPSA) is 247 Å². The smallest absolute Gasteiger partial charge is 0.407 e. The van der Waals surface area contributed by atoms with Crippen LogP contribution in [0.15, 0.2) is 79.5 Å². The molecule has 4 aromatic heterocycles. The van der Waals surface area contributed by atoms with E-state index >= 15 is 0 Å². The minimum atomic E-state index is -1.73. The fourth-order valence-corrected chi connectivity index (χ4v) is 9.87. The molecule has 20 nitrogen and oxygen atoms in total. The summed E-state index contributed by atoms with van der Waals surface area (Å²) in [5, 5.41) is 33.0. The van der Waals surface area contributed by atoms with Crippen molar-refractivity contribution in [2.24, 2.45) is 11.8 Å². The number of methoxy groups -OCH3 is 1. The van der Waals surface area contributed by atoms with Crippen molar-refractivity contribution in [2.45, 2.75) is 96.4 Å². The summed E-state index contributed by atoms with van der Waals surface area (Å²) >= 11 is 0. The van der Waals surface area contributed by atoms with Gasteiger partial charge in [0.15, 0.2) is 0 Å². The van der Waals surface area contributed by atoms with Crippen molar-refractivity contribution in [1.82, 2.24) is 70.4 Å². The van der Waals surface area contributed by atoms with E-state index in [0.717, 1.165) is 39.0 Å². The van der Waals surface area contributed by atoms with Crippen LogP contribution in [0.3, 0.4) is 0 Å². The van der Waals surface area contributed by atoms with Crippen molar-refractivity contribution < 1.29 is 29.0 Å². The van der Waals surface area contributed by atoms with E-state index in [4.69, 9.17) is 14.7 Å². The fraction of sp³-hybridized carbons (Fsp3) is 0.447. The molecule has 68 heavy (non-hydrogen) atoms. The van der Waals surface area contributed by atoms with Gasteiger partial charge in [-0.15, -0.1) is 10.2 Å². The number of ether oxygens (including phenoxy) is 1. The van der Waals surface area contributed by atoms with Gasteiger partial charge in [-0.2, -0.15) is 0 Å². The Kier molecular flexibility index (Phi) is 13.7. The molecule has 358 valence electrons. The Morgan fingerprint density at radius 3 is 1.65 bits per heavy atom. The Labute approximate surface area is 395 Å². The predicted molar refractivity (Wildman–Crippen MR) is 254 cm³/mol.